The predicted molar refractivity (Wildman–Crippen MR) is 114 cm³/mol. The Morgan fingerprint density at radius 2 is 1.11 bits per heavy atom. The fourth-order valence-corrected chi connectivity index (χ4v) is 2.92. The average Bonchev–Trinajstić information content (AvgIpc) is 2.71. The van der Waals surface area contributed by atoms with Crippen molar-refractivity contribution in [3.05, 3.63) is 54.1 Å². The molecule has 0 aromatic heterocycles. The van der Waals surface area contributed by atoms with E-state index in [9.17, 15) is 39.5 Å². The SMILES string of the molecule is FC(F)(F)Nc1ccccc1Oc1ccccc1C(C(F)(F)F)C(F)(F)F.NCCCCCCN. The highest BCUT2D eigenvalue weighted by Gasteiger charge is 2.58. The highest BCUT2D eigenvalue weighted by molar-refractivity contribution is 5.58. The summed E-state index contributed by atoms with van der Waals surface area (Å²) in [4.78, 5) is 0. The number of para-hydroxylation sites is 3. The van der Waals surface area contributed by atoms with Gasteiger partial charge in [0.2, 0.25) is 0 Å². The van der Waals surface area contributed by atoms with E-state index in [1.54, 1.807) is 0 Å². The molecule has 0 aliphatic carbocycles. The number of alkyl halides is 9. The van der Waals surface area contributed by atoms with Crippen LogP contribution in [0.4, 0.5) is 45.2 Å². The molecule has 2 aromatic carbocycles. The van der Waals surface area contributed by atoms with E-state index in [0.29, 0.717) is 6.07 Å². The molecule has 0 radical (unpaired) electrons. The number of ether oxygens (including phenoxy) is 1. The molecule has 0 unspecified atom stereocenters. The molecule has 0 bridgehead atoms. The Kier molecular flexibility index (Phi) is 11.6. The number of nitrogens with one attached hydrogen (secondary N) is 1. The number of nitrogens with two attached hydrogens (primary N) is 2. The first-order valence-electron chi connectivity index (χ1n) is 10.4. The van der Waals surface area contributed by atoms with Gasteiger partial charge in [0.25, 0.3) is 0 Å². The van der Waals surface area contributed by atoms with Crippen molar-refractivity contribution in [2.75, 3.05) is 18.4 Å². The van der Waals surface area contributed by atoms with Crippen molar-refractivity contribution >= 4 is 5.69 Å². The van der Waals surface area contributed by atoms with E-state index in [1.807, 2.05) is 0 Å². The van der Waals surface area contributed by atoms with Crippen molar-refractivity contribution in [2.24, 2.45) is 11.5 Å². The van der Waals surface area contributed by atoms with Crippen molar-refractivity contribution in [3.63, 3.8) is 0 Å². The van der Waals surface area contributed by atoms with Gasteiger partial charge in [0.15, 0.2) is 11.7 Å². The molecule has 0 saturated carbocycles. The fraction of sp³-hybridized carbons (Fsp3) is 0.455. The van der Waals surface area contributed by atoms with Gasteiger partial charge in [-0.1, -0.05) is 43.2 Å². The first-order chi connectivity index (χ1) is 16.2. The Bertz CT molecular complexity index is 863. The minimum Gasteiger partial charge on any atom is -0.455 e. The van der Waals surface area contributed by atoms with Gasteiger partial charge in [0.05, 0.1) is 5.69 Å². The van der Waals surface area contributed by atoms with Crippen LogP contribution in [0.1, 0.15) is 37.2 Å². The van der Waals surface area contributed by atoms with Crippen LogP contribution in [0, 0.1) is 0 Å². The Balaban J connectivity index is 0.000000658. The molecule has 0 fully saturated rings. The second-order valence-corrected chi connectivity index (χ2v) is 7.27. The van der Waals surface area contributed by atoms with Crippen LogP contribution in [0.15, 0.2) is 48.5 Å². The van der Waals surface area contributed by atoms with E-state index in [-0.39, 0.29) is 0 Å². The van der Waals surface area contributed by atoms with Crippen LogP contribution in [-0.2, 0) is 0 Å². The second kappa shape index (κ2) is 13.4. The zero-order valence-electron chi connectivity index (χ0n) is 18.4. The van der Waals surface area contributed by atoms with E-state index in [1.165, 1.54) is 25.0 Å². The van der Waals surface area contributed by atoms with Gasteiger partial charge in [-0.3, -0.25) is 5.32 Å². The molecule has 0 spiro atoms. The van der Waals surface area contributed by atoms with E-state index in [4.69, 9.17) is 16.2 Å². The highest BCUT2D eigenvalue weighted by Crippen LogP contribution is 2.49. The normalized spacial score (nSPS) is 12.2. The van der Waals surface area contributed by atoms with Gasteiger partial charge in [0, 0.05) is 5.56 Å². The van der Waals surface area contributed by atoms with Gasteiger partial charge < -0.3 is 16.2 Å². The van der Waals surface area contributed by atoms with Gasteiger partial charge in [0.1, 0.15) is 5.75 Å². The summed E-state index contributed by atoms with van der Waals surface area (Å²) in [7, 11) is 0. The fourth-order valence-electron chi connectivity index (χ4n) is 2.92. The van der Waals surface area contributed by atoms with Crippen molar-refractivity contribution in [1.29, 1.82) is 0 Å². The van der Waals surface area contributed by atoms with Crippen molar-refractivity contribution in [2.45, 2.75) is 50.3 Å². The molecule has 0 saturated heterocycles. The molecule has 4 nitrogen and oxygen atoms in total. The molecule has 2 aromatic rings. The number of halogens is 9. The van der Waals surface area contributed by atoms with E-state index in [2.05, 4.69) is 0 Å². The van der Waals surface area contributed by atoms with Crippen LogP contribution >= 0.6 is 0 Å². The zero-order chi connectivity index (χ0) is 26.7. The number of rotatable bonds is 9. The average molecular weight is 519 g/mol. The number of unbranched alkanes of at least 4 members (excludes halogenated alkanes) is 3. The quantitative estimate of drug-likeness (QED) is 0.188. The summed E-state index contributed by atoms with van der Waals surface area (Å²) in [6.45, 7) is 1.65. The molecular formula is C22H26F9N3O. The number of anilines is 1. The van der Waals surface area contributed by atoms with Crippen molar-refractivity contribution in [3.8, 4) is 11.5 Å². The standard InChI is InChI=1S/C16H10F9NO.C6H16N2/c17-14(18,19)13(15(20,21)22)9-5-1-3-7-11(9)27-12-8-4-2-6-10(12)26-16(23,24)25;7-5-3-1-2-4-6-8/h1-8,13,26H;1-8H2. The summed E-state index contributed by atoms with van der Waals surface area (Å²) in [5.74, 6) is -5.32. The Morgan fingerprint density at radius 3 is 1.57 bits per heavy atom. The molecule has 0 atom stereocenters. The monoisotopic (exact) mass is 519 g/mol. The van der Waals surface area contributed by atoms with Crippen LogP contribution < -0.4 is 21.5 Å². The minimum absolute atomic E-state index is 0.556. The van der Waals surface area contributed by atoms with Gasteiger partial charge >= 0.3 is 18.7 Å². The van der Waals surface area contributed by atoms with Gasteiger partial charge in [-0.25, -0.2) is 0 Å². The maximum atomic E-state index is 13.0. The van der Waals surface area contributed by atoms with Gasteiger partial charge in [-0.05, 0) is 44.1 Å². The molecule has 2 rings (SSSR count). The number of hydrogen-bond acceptors (Lipinski definition) is 4. The Hall–Kier alpha value is -2.67. The highest BCUT2D eigenvalue weighted by atomic mass is 19.4. The second-order valence-electron chi connectivity index (χ2n) is 7.27. The third-order valence-corrected chi connectivity index (χ3v) is 4.43. The zero-order valence-corrected chi connectivity index (χ0v) is 18.4. The molecule has 13 heteroatoms. The van der Waals surface area contributed by atoms with Gasteiger partial charge in [-0.15, -0.1) is 0 Å². The lowest BCUT2D eigenvalue weighted by atomic mass is 9.97. The largest absolute Gasteiger partial charge is 0.482 e. The van der Waals surface area contributed by atoms with E-state index < -0.39 is 47.3 Å². The van der Waals surface area contributed by atoms with Gasteiger partial charge in [-0.2, -0.15) is 39.5 Å². The predicted octanol–water partition coefficient (Wildman–Crippen LogP) is 7.08. The lowest BCUT2D eigenvalue weighted by Crippen LogP contribution is -2.34. The van der Waals surface area contributed by atoms with Crippen LogP contribution in [0.2, 0.25) is 0 Å². The summed E-state index contributed by atoms with van der Waals surface area (Å²) >= 11 is 0. The molecular weight excluding hydrogens is 493 g/mol. The smallest absolute Gasteiger partial charge is 0.455 e. The molecule has 35 heavy (non-hydrogen) atoms. The number of hydrogen-bond donors (Lipinski definition) is 3. The van der Waals surface area contributed by atoms with E-state index >= 15 is 0 Å². The molecule has 5 N–H and O–H groups in total. The minimum atomic E-state index is -5.68. The maximum absolute atomic E-state index is 13.0. The van der Waals surface area contributed by atoms with Crippen LogP contribution in [0.3, 0.4) is 0 Å². The Labute approximate surface area is 196 Å². The molecule has 0 aliphatic rings. The first kappa shape index (κ1) is 30.4. The lowest BCUT2D eigenvalue weighted by Gasteiger charge is -2.25. The van der Waals surface area contributed by atoms with E-state index in [0.717, 1.165) is 61.6 Å². The molecule has 198 valence electrons. The Morgan fingerprint density at radius 1 is 0.657 bits per heavy atom. The molecule has 0 heterocycles. The number of benzene rings is 2. The molecule has 0 amide bonds. The summed E-state index contributed by atoms with van der Waals surface area (Å²) in [5, 5.41) is 1.11. The third-order valence-electron chi connectivity index (χ3n) is 4.43. The van der Waals surface area contributed by atoms with Crippen LogP contribution in [-0.4, -0.2) is 31.7 Å². The maximum Gasteiger partial charge on any atom is 0.482 e. The summed E-state index contributed by atoms with van der Waals surface area (Å²) in [6, 6.07) is 7.68. The topological polar surface area (TPSA) is 73.3 Å². The van der Waals surface area contributed by atoms with Crippen molar-refractivity contribution < 1.29 is 44.3 Å². The lowest BCUT2D eigenvalue weighted by molar-refractivity contribution is -0.253. The van der Waals surface area contributed by atoms with Crippen molar-refractivity contribution in [1.82, 2.24) is 0 Å². The summed E-state index contributed by atoms with van der Waals surface area (Å²) in [5.41, 5.74) is 8.62. The first-order valence-corrected chi connectivity index (χ1v) is 10.4. The van der Waals surface area contributed by atoms with Crippen LogP contribution in [0.5, 0.6) is 11.5 Å². The van der Waals surface area contributed by atoms with Crippen LogP contribution in [0.25, 0.3) is 0 Å². The molecule has 0 aliphatic heterocycles. The summed E-state index contributed by atoms with van der Waals surface area (Å²) < 4.78 is 120. The third kappa shape index (κ3) is 11.1. The summed E-state index contributed by atoms with van der Waals surface area (Å²) in [6.07, 6.45) is -11.5.